The van der Waals surface area contributed by atoms with Crippen molar-refractivity contribution in [3.8, 4) is 0 Å². The largest absolute Gasteiger partial charge is 0.394 e. The van der Waals surface area contributed by atoms with Crippen LogP contribution in [0.25, 0.3) is 0 Å². The smallest absolute Gasteiger partial charge is 0.220 e. The molecule has 21 heterocycles. The first-order valence-electron chi connectivity index (χ1n) is 27.4. The Labute approximate surface area is 476 Å². The van der Waals surface area contributed by atoms with Gasteiger partial charge in [-0.2, -0.15) is 0 Å². The molecule has 0 aliphatic carbocycles. The summed E-state index contributed by atoms with van der Waals surface area (Å²) in [5, 5.41) is 225. The molecule has 35 atom stereocenters. The Bertz CT molecular complexity index is 2020. The maximum absolute atomic E-state index is 12.9. The normalized spacial score (nSPS) is 51.7. The Hall–Kier alpha value is -1.93. The standard InChI is InChI=1S/C47H80N2O35/c48-4-2-1-3-19(56)49-5-12-34-20(57)27(64)41(71-12)79-35-13(6-50)73-43(29(66)22(35)59)81-37-15(8-52)75-45(31(68)24(37)61)83-39-17(10-54)77-47(33(70)26(39)63)84-40-18(11-55)76-46(32(69)25(40)62)82-38-16(9-53)74-44(30(67)23(38)60)80-36-14(7-51)72-42(78-34)28(65)21(36)58/h12-18,20-47,50-55,57-70H,1-11,48H2,(H,49,56). The number of carbonyl (C=O) groups is 1. The fourth-order valence-corrected chi connectivity index (χ4v) is 11.2. The van der Waals surface area contributed by atoms with Crippen molar-refractivity contribution in [2.75, 3.05) is 52.7 Å². The van der Waals surface area contributed by atoms with Crippen molar-refractivity contribution in [1.82, 2.24) is 5.32 Å². The van der Waals surface area contributed by atoms with Crippen LogP contribution in [0.4, 0.5) is 0 Å². The van der Waals surface area contributed by atoms with E-state index in [1.807, 2.05) is 0 Å². The van der Waals surface area contributed by atoms with E-state index >= 15 is 0 Å². The number of hydrogen-bond donors (Lipinski definition) is 22. The summed E-state index contributed by atoms with van der Waals surface area (Å²) in [5.41, 5.74) is 5.56. The van der Waals surface area contributed by atoms with E-state index in [0.717, 1.165) is 0 Å². The van der Waals surface area contributed by atoms with Crippen LogP contribution in [0, 0.1) is 0 Å². The number of ether oxygens (including phenoxy) is 14. The maximum Gasteiger partial charge on any atom is 0.220 e. The van der Waals surface area contributed by atoms with E-state index in [4.69, 9.17) is 72.0 Å². The fraction of sp³-hybridized carbons (Fsp3) is 0.979. The molecule has 0 spiro atoms. The van der Waals surface area contributed by atoms with Gasteiger partial charge in [-0.3, -0.25) is 4.79 Å². The van der Waals surface area contributed by atoms with Gasteiger partial charge in [0.05, 0.1) is 39.6 Å². The van der Waals surface area contributed by atoms with Crippen molar-refractivity contribution in [3.05, 3.63) is 0 Å². The molecule has 21 rings (SSSR count). The van der Waals surface area contributed by atoms with Crippen molar-refractivity contribution < 1.29 is 173 Å². The van der Waals surface area contributed by atoms with Gasteiger partial charge in [0.2, 0.25) is 5.91 Å². The van der Waals surface area contributed by atoms with Gasteiger partial charge in [0.1, 0.15) is 171 Å². The van der Waals surface area contributed by atoms with Crippen LogP contribution in [0.2, 0.25) is 0 Å². The first-order chi connectivity index (χ1) is 40.0. The second-order valence-corrected chi connectivity index (χ2v) is 21.5. The molecule has 84 heavy (non-hydrogen) atoms. The lowest BCUT2D eigenvalue weighted by Gasteiger charge is -2.50. The molecule has 21 aliphatic heterocycles. The molecular formula is C47H80N2O35. The molecule has 35 unspecified atom stereocenters. The summed E-state index contributed by atoms with van der Waals surface area (Å²) < 4.78 is 80.8. The number of nitrogens with two attached hydrogens (primary N) is 1. The molecule has 0 radical (unpaired) electrons. The van der Waals surface area contributed by atoms with Gasteiger partial charge in [0, 0.05) is 13.0 Å². The van der Waals surface area contributed by atoms with Crippen LogP contribution in [0.15, 0.2) is 0 Å². The zero-order valence-corrected chi connectivity index (χ0v) is 44.6. The Morgan fingerprint density at radius 1 is 0.286 bits per heavy atom. The summed E-state index contributed by atoms with van der Waals surface area (Å²) in [6.07, 6.45) is -70.0. The highest BCUT2D eigenvalue weighted by Gasteiger charge is 2.59. The number of carbonyl (C=O) groups excluding carboxylic acids is 1. The third-order valence-electron chi connectivity index (χ3n) is 16.0. The van der Waals surface area contributed by atoms with Crippen LogP contribution < -0.4 is 11.1 Å². The van der Waals surface area contributed by atoms with Crippen molar-refractivity contribution in [2.24, 2.45) is 5.73 Å². The Morgan fingerprint density at radius 2 is 0.476 bits per heavy atom. The van der Waals surface area contributed by atoms with Gasteiger partial charge in [-0.25, -0.2) is 0 Å². The molecule has 21 saturated heterocycles. The number of unbranched alkanes of at least 4 members (excludes halogenated alkanes) is 1. The lowest BCUT2D eigenvalue weighted by atomic mass is 9.95. The molecule has 21 aliphatic rings. The number of aliphatic hydroxyl groups excluding tert-OH is 20. The first-order valence-corrected chi connectivity index (χ1v) is 27.4. The summed E-state index contributed by atoms with van der Waals surface area (Å²) in [4.78, 5) is 12.9. The summed E-state index contributed by atoms with van der Waals surface area (Å²) in [6.45, 7) is -6.66. The molecule has 488 valence electrons. The second kappa shape index (κ2) is 29.8. The van der Waals surface area contributed by atoms with Crippen LogP contribution in [0.5, 0.6) is 0 Å². The van der Waals surface area contributed by atoms with E-state index < -0.39 is 267 Å². The number of amides is 1. The van der Waals surface area contributed by atoms with Crippen LogP contribution in [0.1, 0.15) is 19.3 Å². The Kier molecular flexibility index (Phi) is 24.1. The van der Waals surface area contributed by atoms with Crippen molar-refractivity contribution >= 4 is 5.91 Å². The SMILES string of the molecule is NCCCCC(=O)NCC1OC2OC3C(CO)OC(OC4C(CO)OC(OC5C(CO)OC(OC6C(CO)OC(OC7C(CO)OC(OC8C(CO)OC(OC1C(O)C2O)C(O)C8O)C(O)C7O)C(O)C6O)C(O)C5O)C(O)C4O)C(O)C3O. The van der Waals surface area contributed by atoms with E-state index in [1.54, 1.807) is 0 Å². The van der Waals surface area contributed by atoms with Gasteiger partial charge in [0.25, 0.3) is 0 Å². The number of rotatable bonds is 12. The molecule has 14 bridgehead atoms. The van der Waals surface area contributed by atoms with Gasteiger partial charge in [-0.15, -0.1) is 0 Å². The minimum atomic E-state index is -2.23. The first kappa shape index (κ1) is 68.0. The highest BCUT2D eigenvalue weighted by Crippen LogP contribution is 2.39. The molecule has 0 aromatic rings. The van der Waals surface area contributed by atoms with E-state index in [2.05, 4.69) is 5.32 Å². The molecule has 1 amide bonds. The topological polar surface area (TPSA) is 589 Å². The quantitative estimate of drug-likeness (QED) is 0.0807. The molecule has 37 heteroatoms. The van der Waals surface area contributed by atoms with Crippen LogP contribution in [-0.2, 0) is 71.1 Å². The molecule has 0 aromatic heterocycles. The fourth-order valence-electron chi connectivity index (χ4n) is 11.2. The van der Waals surface area contributed by atoms with Crippen molar-refractivity contribution in [1.29, 1.82) is 0 Å². The summed E-state index contributed by atoms with van der Waals surface area (Å²) in [7, 11) is 0. The summed E-state index contributed by atoms with van der Waals surface area (Å²) >= 11 is 0. The average Bonchev–Trinajstić information content (AvgIpc) is 2.33. The lowest BCUT2D eigenvalue weighted by molar-refractivity contribution is -0.396. The van der Waals surface area contributed by atoms with Crippen LogP contribution in [-0.4, -0.2) is 376 Å². The van der Waals surface area contributed by atoms with Gasteiger partial charge in [0.15, 0.2) is 44.0 Å². The molecular weight excluding hydrogens is 1150 g/mol. The average molecular weight is 1230 g/mol. The van der Waals surface area contributed by atoms with Crippen molar-refractivity contribution in [3.63, 3.8) is 0 Å². The van der Waals surface area contributed by atoms with E-state index in [9.17, 15) is 107 Å². The highest BCUT2D eigenvalue weighted by atomic mass is 16.8. The molecule has 0 saturated carbocycles. The molecule has 37 nitrogen and oxygen atoms in total. The van der Waals surface area contributed by atoms with Gasteiger partial charge < -0.3 is 179 Å². The van der Waals surface area contributed by atoms with Crippen LogP contribution >= 0.6 is 0 Å². The highest BCUT2D eigenvalue weighted by molar-refractivity contribution is 5.75. The lowest BCUT2D eigenvalue weighted by Crippen LogP contribution is -2.68. The Balaban J connectivity index is 1.09. The summed E-state index contributed by atoms with van der Waals surface area (Å²) in [6, 6.07) is 0. The maximum atomic E-state index is 12.9. The third-order valence-corrected chi connectivity index (χ3v) is 16.0. The molecule has 0 aromatic carbocycles. The van der Waals surface area contributed by atoms with E-state index in [0.29, 0.717) is 12.8 Å². The Morgan fingerprint density at radius 3 is 0.667 bits per heavy atom. The predicted octanol–water partition coefficient (Wildman–Crippen LogP) is -15.0. The monoisotopic (exact) mass is 1230 g/mol. The number of aliphatic hydroxyl groups is 20. The van der Waals surface area contributed by atoms with Gasteiger partial charge >= 0.3 is 0 Å². The van der Waals surface area contributed by atoms with Gasteiger partial charge in [-0.1, -0.05) is 0 Å². The van der Waals surface area contributed by atoms with Crippen LogP contribution in [0.3, 0.4) is 0 Å². The predicted molar refractivity (Wildman–Crippen MR) is 257 cm³/mol. The van der Waals surface area contributed by atoms with Gasteiger partial charge in [-0.05, 0) is 19.4 Å². The van der Waals surface area contributed by atoms with Crippen molar-refractivity contribution in [2.45, 2.75) is 234 Å². The molecule has 23 N–H and O–H groups in total. The zero-order chi connectivity index (χ0) is 61.2. The summed E-state index contributed by atoms with van der Waals surface area (Å²) in [5.74, 6) is -0.571. The third kappa shape index (κ3) is 14.2. The van der Waals surface area contributed by atoms with E-state index in [1.165, 1.54) is 0 Å². The minimum absolute atomic E-state index is 0.0545. The number of hydrogen-bond acceptors (Lipinski definition) is 36. The van der Waals surface area contributed by atoms with E-state index in [-0.39, 0.29) is 13.0 Å². The second-order valence-electron chi connectivity index (χ2n) is 21.5. The zero-order valence-electron chi connectivity index (χ0n) is 44.6. The number of nitrogens with one attached hydrogen (secondary N) is 1. The minimum Gasteiger partial charge on any atom is -0.394 e. The molecule has 21 fully saturated rings.